The number of amides is 1. The molecule has 6 nitrogen and oxygen atoms in total. The average molecular weight is 477 g/mol. The van der Waals surface area contributed by atoms with E-state index in [0.29, 0.717) is 17.9 Å². The molecule has 1 aliphatic rings. The van der Waals surface area contributed by atoms with Crippen molar-refractivity contribution in [3.05, 3.63) is 70.7 Å². The lowest BCUT2D eigenvalue weighted by atomic mass is 10.0. The number of aromatic hydroxyl groups is 1. The molecule has 1 aromatic heterocycles. The molecule has 156 valence electrons. The minimum absolute atomic E-state index is 0.0227. The normalized spacial score (nSPS) is 14.9. The quantitative estimate of drug-likeness (QED) is 0.354. The van der Waals surface area contributed by atoms with E-state index in [1.807, 2.05) is 59.2 Å². The molecule has 0 saturated carbocycles. The maximum atomic E-state index is 12.9. The number of fused-ring (bicyclic) bond motifs is 2. The molecule has 0 aliphatic carbocycles. The number of rotatable bonds is 4. The Hall–Kier alpha value is -3.03. The van der Waals surface area contributed by atoms with Crippen LogP contribution in [0.25, 0.3) is 21.7 Å². The Morgan fingerprint density at radius 2 is 1.77 bits per heavy atom. The minimum Gasteiger partial charge on any atom is -0.493 e. The third-order valence-corrected chi connectivity index (χ3v) is 6.27. The molecule has 0 atom stereocenters. The van der Waals surface area contributed by atoms with E-state index in [4.69, 9.17) is 0 Å². The van der Waals surface area contributed by atoms with Gasteiger partial charge in [-0.25, -0.2) is 0 Å². The van der Waals surface area contributed by atoms with Crippen LogP contribution in [0, 0.1) is 0 Å². The lowest BCUT2D eigenvalue weighted by molar-refractivity contribution is 0.0996. The molecule has 3 aromatic carbocycles. The average Bonchev–Trinajstić information content (AvgIpc) is 3.38. The van der Waals surface area contributed by atoms with Crippen molar-refractivity contribution >= 4 is 49.2 Å². The summed E-state index contributed by atoms with van der Waals surface area (Å²) in [5.74, 6) is -0.416. The van der Waals surface area contributed by atoms with Crippen LogP contribution in [-0.2, 0) is 6.67 Å². The van der Waals surface area contributed by atoms with Gasteiger partial charge < -0.3 is 5.11 Å². The molecule has 1 fully saturated rings. The van der Waals surface area contributed by atoms with Crippen LogP contribution in [0.2, 0.25) is 0 Å². The summed E-state index contributed by atoms with van der Waals surface area (Å²) >= 11 is 3.49. The Balaban J connectivity index is 1.55. The Morgan fingerprint density at radius 1 is 1.00 bits per heavy atom. The third kappa shape index (κ3) is 3.75. The zero-order chi connectivity index (χ0) is 21.4. The van der Waals surface area contributed by atoms with Crippen LogP contribution in [0.4, 0.5) is 5.69 Å². The van der Waals surface area contributed by atoms with Crippen molar-refractivity contribution in [2.75, 3.05) is 13.1 Å². The Morgan fingerprint density at radius 3 is 2.61 bits per heavy atom. The number of azo groups is 1. The first-order valence-corrected chi connectivity index (χ1v) is 11.1. The predicted molar refractivity (Wildman–Crippen MR) is 125 cm³/mol. The predicted octanol–water partition coefficient (Wildman–Crippen LogP) is 6.24. The minimum atomic E-state index is -0.438. The zero-order valence-electron chi connectivity index (χ0n) is 16.8. The highest BCUT2D eigenvalue weighted by Crippen LogP contribution is 2.40. The molecule has 0 unspecified atom stereocenters. The highest BCUT2D eigenvalue weighted by molar-refractivity contribution is 9.10. The van der Waals surface area contributed by atoms with E-state index >= 15 is 0 Å². The molecule has 4 aromatic rings. The van der Waals surface area contributed by atoms with Crippen LogP contribution >= 0.6 is 15.9 Å². The second kappa shape index (κ2) is 8.24. The van der Waals surface area contributed by atoms with Crippen molar-refractivity contribution in [2.24, 2.45) is 10.2 Å². The summed E-state index contributed by atoms with van der Waals surface area (Å²) < 4.78 is 2.71. The van der Waals surface area contributed by atoms with Gasteiger partial charge in [-0.1, -0.05) is 52.3 Å². The summed E-state index contributed by atoms with van der Waals surface area (Å²) in [5.41, 5.74) is 1.66. The number of aromatic nitrogens is 1. The van der Waals surface area contributed by atoms with E-state index in [1.54, 1.807) is 6.07 Å². The SMILES string of the molecule is O=C(N=Nc1c(O)n(CN2CCCC2)c2ccc(Br)cc12)c1cccc2ccccc12. The van der Waals surface area contributed by atoms with E-state index in [0.717, 1.165) is 52.1 Å². The van der Waals surface area contributed by atoms with Crippen molar-refractivity contribution < 1.29 is 9.90 Å². The van der Waals surface area contributed by atoms with Gasteiger partial charge in [-0.3, -0.25) is 14.3 Å². The maximum Gasteiger partial charge on any atom is 0.296 e. The fourth-order valence-corrected chi connectivity index (χ4v) is 4.58. The molecule has 2 heterocycles. The van der Waals surface area contributed by atoms with Crippen LogP contribution in [0.3, 0.4) is 0 Å². The number of likely N-dealkylation sites (tertiary alicyclic amines) is 1. The largest absolute Gasteiger partial charge is 0.493 e. The molecular weight excluding hydrogens is 456 g/mol. The third-order valence-electron chi connectivity index (χ3n) is 5.77. The van der Waals surface area contributed by atoms with Gasteiger partial charge in [0.05, 0.1) is 17.7 Å². The number of hydrogen-bond donors (Lipinski definition) is 1. The number of benzene rings is 3. The van der Waals surface area contributed by atoms with Gasteiger partial charge >= 0.3 is 0 Å². The Kier molecular flexibility index (Phi) is 5.29. The van der Waals surface area contributed by atoms with Crippen molar-refractivity contribution in [1.82, 2.24) is 9.47 Å². The molecule has 1 amide bonds. The first-order valence-electron chi connectivity index (χ1n) is 10.3. The van der Waals surface area contributed by atoms with Crippen molar-refractivity contribution in [1.29, 1.82) is 0 Å². The summed E-state index contributed by atoms with van der Waals surface area (Å²) in [6.45, 7) is 2.59. The van der Waals surface area contributed by atoms with E-state index in [1.165, 1.54) is 0 Å². The number of carbonyl (C=O) groups excluding carboxylic acids is 1. The van der Waals surface area contributed by atoms with Crippen LogP contribution < -0.4 is 0 Å². The maximum absolute atomic E-state index is 12.9. The number of nitrogens with zero attached hydrogens (tertiary/aromatic N) is 4. The van der Waals surface area contributed by atoms with Crippen LogP contribution in [0.5, 0.6) is 5.88 Å². The Bertz CT molecular complexity index is 1320. The van der Waals surface area contributed by atoms with Crippen molar-refractivity contribution in [3.8, 4) is 5.88 Å². The second-order valence-corrected chi connectivity index (χ2v) is 8.68. The molecule has 1 aliphatic heterocycles. The molecule has 0 bridgehead atoms. The van der Waals surface area contributed by atoms with E-state index in [-0.39, 0.29) is 5.88 Å². The van der Waals surface area contributed by atoms with Gasteiger partial charge in [-0.05, 0) is 61.0 Å². The molecule has 1 saturated heterocycles. The van der Waals surface area contributed by atoms with Gasteiger partial charge in [0.25, 0.3) is 5.91 Å². The lowest BCUT2D eigenvalue weighted by Gasteiger charge is -2.17. The summed E-state index contributed by atoms with van der Waals surface area (Å²) in [6, 6.07) is 19.0. The van der Waals surface area contributed by atoms with E-state index in [2.05, 4.69) is 31.1 Å². The summed E-state index contributed by atoms with van der Waals surface area (Å²) in [4.78, 5) is 15.2. The summed E-state index contributed by atoms with van der Waals surface area (Å²) in [6.07, 6.45) is 2.33. The first-order chi connectivity index (χ1) is 15.1. The van der Waals surface area contributed by atoms with Crippen molar-refractivity contribution in [3.63, 3.8) is 0 Å². The standard InChI is InChI=1S/C24H21BrN4O2/c25-17-10-11-21-20(14-17)22(24(31)29(21)15-28-12-3-4-13-28)26-27-23(30)19-9-5-7-16-6-1-2-8-18(16)19/h1-2,5-11,14,31H,3-4,12-13,15H2. The topological polar surface area (TPSA) is 70.2 Å². The van der Waals surface area contributed by atoms with Gasteiger partial charge in [0.2, 0.25) is 5.88 Å². The van der Waals surface area contributed by atoms with E-state index < -0.39 is 5.91 Å². The molecule has 0 radical (unpaired) electrons. The number of halogens is 1. The fraction of sp³-hybridized carbons (Fsp3) is 0.208. The van der Waals surface area contributed by atoms with Crippen LogP contribution in [0.1, 0.15) is 23.2 Å². The Labute approximate surface area is 187 Å². The lowest BCUT2D eigenvalue weighted by Crippen LogP contribution is -2.22. The second-order valence-electron chi connectivity index (χ2n) is 7.76. The molecule has 5 rings (SSSR count). The van der Waals surface area contributed by atoms with Crippen LogP contribution in [0.15, 0.2) is 75.4 Å². The molecule has 1 N–H and O–H groups in total. The fourth-order valence-electron chi connectivity index (χ4n) is 4.22. The summed E-state index contributed by atoms with van der Waals surface area (Å²) in [7, 11) is 0. The molecule has 0 spiro atoms. The molecule has 31 heavy (non-hydrogen) atoms. The van der Waals surface area contributed by atoms with Gasteiger partial charge in [0, 0.05) is 9.86 Å². The van der Waals surface area contributed by atoms with Crippen LogP contribution in [-0.4, -0.2) is 33.6 Å². The number of carbonyl (C=O) groups is 1. The molecule has 7 heteroatoms. The summed E-state index contributed by atoms with van der Waals surface area (Å²) in [5, 5.41) is 21.7. The van der Waals surface area contributed by atoms with Gasteiger partial charge in [-0.2, -0.15) is 0 Å². The van der Waals surface area contributed by atoms with Gasteiger partial charge in [0.1, 0.15) is 0 Å². The first kappa shape index (κ1) is 19.9. The van der Waals surface area contributed by atoms with E-state index in [9.17, 15) is 9.90 Å². The highest BCUT2D eigenvalue weighted by Gasteiger charge is 2.21. The monoisotopic (exact) mass is 476 g/mol. The smallest absolute Gasteiger partial charge is 0.296 e. The van der Waals surface area contributed by atoms with Gasteiger partial charge in [0.15, 0.2) is 5.69 Å². The van der Waals surface area contributed by atoms with Crippen molar-refractivity contribution in [2.45, 2.75) is 19.5 Å². The zero-order valence-corrected chi connectivity index (χ0v) is 18.4. The molecular formula is C24H21BrN4O2. The number of hydrogen-bond acceptors (Lipinski definition) is 4. The highest BCUT2D eigenvalue weighted by atomic mass is 79.9. The van der Waals surface area contributed by atoms with Gasteiger partial charge in [-0.15, -0.1) is 10.2 Å².